The minimum atomic E-state index is -0.757. The van der Waals surface area contributed by atoms with Crippen molar-refractivity contribution in [1.82, 2.24) is 10.2 Å². The Labute approximate surface area is 200 Å². The molecule has 3 aromatic carbocycles. The van der Waals surface area contributed by atoms with E-state index in [-0.39, 0.29) is 12.1 Å². The second-order valence-electron chi connectivity index (χ2n) is 9.10. The highest BCUT2D eigenvalue weighted by Gasteiger charge is 2.35. The molecule has 5 rings (SSSR count). The first-order valence-corrected chi connectivity index (χ1v) is 11.9. The third-order valence-corrected chi connectivity index (χ3v) is 7.10. The number of hydrogen-bond acceptors (Lipinski definition) is 5. The molecule has 34 heavy (non-hydrogen) atoms. The van der Waals surface area contributed by atoms with Crippen LogP contribution in [-0.2, 0) is 5.60 Å². The molecule has 0 aliphatic carbocycles. The fraction of sp³-hybridized carbons (Fsp3) is 0.321. The second kappa shape index (κ2) is 9.49. The van der Waals surface area contributed by atoms with Crippen LogP contribution in [0.15, 0.2) is 78.9 Å². The van der Waals surface area contributed by atoms with Gasteiger partial charge in [0.15, 0.2) is 0 Å². The first kappa shape index (κ1) is 22.4. The van der Waals surface area contributed by atoms with Crippen LogP contribution >= 0.6 is 0 Å². The van der Waals surface area contributed by atoms with Gasteiger partial charge < -0.3 is 25.0 Å². The van der Waals surface area contributed by atoms with Gasteiger partial charge in [-0.05, 0) is 42.2 Å². The van der Waals surface area contributed by atoms with Crippen LogP contribution in [0.1, 0.15) is 40.5 Å². The number of nitrogens with zero attached hydrogens (tertiary/aromatic N) is 2. The molecule has 1 unspecified atom stereocenters. The van der Waals surface area contributed by atoms with Crippen LogP contribution in [0.3, 0.4) is 0 Å². The summed E-state index contributed by atoms with van der Waals surface area (Å²) in [6.07, 6.45) is 1.19. The van der Waals surface area contributed by atoms with Gasteiger partial charge in [0.25, 0.3) is 5.91 Å². The lowest BCUT2D eigenvalue weighted by Gasteiger charge is -2.42. The molecule has 0 aromatic heterocycles. The molecule has 0 radical (unpaired) electrons. The number of carbonyl (C=O) groups excluding carboxylic acids is 1. The minimum absolute atomic E-state index is 0.0927. The Morgan fingerprint density at radius 2 is 1.65 bits per heavy atom. The van der Waals surface area contributed by atoms with Gasteiger partial charge in [0, 0.05) is 26.2 Å². The molecule has 176 valence electrons. The van der Waals surface area contributed by atoms with Gasteiger partial charge in [-0.3, -0.25) is 4.79 Å². The minimum Gasteiger partial charge on any atom is -0.497 e. The lowest BCUT2D eigenvalue weighted by molar-refractivity contribution is -0.0253. The number of ether oxygens (including phenoxy) is 1. The lowest BCUT2D eigenvalue weighted by Crippen LogP contribution is -2.50. The first-order chi connectivity index (χ1) is 16.6. The van der Waals surface area contributed by atoms with E-state index in [1.165, 1.54) is 0 Å². The molecule has 0 spiro atoms. The topological polar surface area (TPSA) is 65.0 Å². The summed E-state index contributed by atoms with van der Waals surface area (Å²) in [5, 5.41) is 14.4. The molecule has 1 saturated heterocycles. The number of hydrogen-bond donors (Lipinski definition) is 2. The monoisotopic (exact) mass is 457 g/mol. The number of benzene rings is 3. The number of anilines is 1. The van der Waals surface area contributed by atoms with E-state index in [4.69, 9.17) is 4.74 Å². The molecule has 1 atom stereocenters. The largest absolute Gasteiger partial charge is 0.497 e. The Morgan fingerprint density at radius 1 is 0.971 bits per heavy atom. The van der Waals surface area contributed by atoms with Crippen molar-refractivity contribution in [3.8, 4) is 5.75 Å². The van der Waals surface area contributed by atoms with Gasteiger partial charge >= 0.3 is 0 Å². The maximum atomic E-state index is 13.0. The predicted octanol–water partition coefficient (Wildman–Crippen LogP) is 3.93. The van der Waals surface area contributed by atoms with Gasteiger partial charge in [-0.2, -0.15) is 0 Å². The zero-order valence-electron chi connectivity index (χ0n) is 19.5. The van der Waals surface area contributed by atoms with Crippen molar-refractivity contribution in [2.24, 2.45) is 0 Å². The highest BCUT2D eigenvalue weighted by atomic mass is 16.5. The van der Waals surface area contributed by atoms with Crippen molar-refractivity contribution >= 4 is 11.6 Å². The Bertz CT molecular complexity index is 1130. The number of methoxy groups -OCH3 is 1. The van der Waals surface area contributed by atoms with E-state index in [0.29, 0.717) is 24.2 Å². The number of nitrogens with one attached hydrogen (secondary N) is 1. The molecule has 0 saturated carbocycles. The predicted molar refractivity (Wildman–Crippen MR) is 133 cm³/mol. The first-order valence-electron chi connectivity index (χ1n) is 11.9. The highest BCUT2D eigenvalue weighted by Crippen LogP contribution is 2.36. The molecule has 6 nitrogen and oxygen atoms in total. The summed E-state index contributed by atoms with van der Waals surface area (Å²) in [5.41, 5.74) is 2.83. The van der Waals surface area contributed by atoms with Gasteiger partial charge in [0.05, 0.1) is 24.0 Å². The summed E-state index contributed by atoms with van der Waals surface area (Å²) in [5.74, 6) is 0.577. The van der Waals surface area contributed by atoms with Crippen molar-refractivity contribution in [2.75, 3.05) is 38.2 Å². The van der Waals surface area contributed by atoms with E-state index in [1.807, 2.05) is 72.8 Å². The number of piperidine rings is 1. The second-order valence-corrected chi connectivity index (χ2v) is 9.10. The Hall–Kier alpha value is -3.35. The molecule has 2 N–H and O–H groups in total. The number of fused-ring (bicyclic) bond motifs is 1. The molecular weight excluding hydrogens is 426 g/mol. The average molecular weight is 458 g/mol. The van der Waals surface area contributed by atoms with E-state index in [1.54, 1.807) is 13.2 Å². The molecule has 2 aliphatic rings. The SMILES string of the molecule is COc1ccc2c(c1)C(=O)NC(c1ccccc1)N2CCN1CCC(O)(c2ccccc2)CC1. The Morgan fingerprint density at radius 3 is 2.32 bits per heavy atom. The quantitative estimate of drug-likeness (QED) is 0.587. The summed E-state index contributed by atoms with van der Waals surface area (Å²) >= 11 is 0. The Kier molecular flexibility index (Phi) is 6.26. The maximum absolute atomic E-state index is 13.0. The number of carbonyl (C=O) groups is 1. The van der Waals surface area contributed by atoms with Crippen molar-refractivity contribution in [3.05, 3.63) is 95.6 Å². The van der Waals surface area contributed by atoms with Gasteiger partial charge in [0.1, 0.15) is 11.9 Å². The summed E-state index contributed by atoms with van der Waals surface area (Å²) < 4.78 is 5.36. The van der Waals surface area contributed by atoms with Gasteiger partial charge in [-0.25, -0.2) is 0 Å². The van der Waals surface area contributed by atoms with E-state index >= 15 is 0 Å². The third-order valence-electron chi connectivity index (χ3n) is 7.10. The van der Waals surface area contributed by atoms with Crippen molar-refractivity contribution in [1.29, 1.82) is 0 Å². The van der Waals surface area contributed by atoms with E-state index < -0.39 is 5.60 Å². The Balaban J connectivity index is 1.34. The van der Waals surface area contributed by atoms with E-state index in [2.05, 4.69) is 15.1 Å². The fourth-order valence-electron chi connectivity index (χ4n) is 5.07. The summed E-state index contributed by atoms with van der Waals surface area (Å²) in [6, 6.07) is 25.8. The van der Waals surface area contributed by atoms with Crippen LogP contribution in [-0.4, -0.2) is 49.2 Å². The van der Waals surface area contributed by atoms with E-state index in [9.17, 15) is 9.90 Å². The molecule has 1 amide bonds. The molecule has 1 fully saturated rings. The number of likely N-dealkylation sites (tertiary alicyclic amines) is 1. The van der Waals surface area contributed by atoms with Gasteiger partial charge in [-0.1, -0.05) is 60.7 Å². The smallest absolute Gasteiger partial charge is 0.255 e. The average Bonchev–Trinajstić information content (AvgIpc) is 2.90. The molecule has 6 heteroatoms. The number of amides is 1. The third kappa shape index (κ3) is 4.39. The van der Waals surface area contributed by atoms with Gasteiger partial charge in [-0.15, -0.1) is 0 Å². The van der Waals surface area contributed by atoms with Crippen LogP contribution in [0.25, 0.3) is 0 Å². The molecule has 2 heterocycles. The summed E-state index contributed by atoms with van der Waals surface area (Å²) in [7, 11) is 1.61. The summed E-state index contributed by atoms with van der Waals surface area (Å²) in [6.45, 7) is 3.26. The molecule has 0 bridgehead atoms. The molecular formula is C28H31N3O3. The van der Waals surface area contributed by atoms with Crippen molar-refractivity contribution in [3.63, 3.8) is 0 Å². The summed E-state index contributed by atoms with van der Waals surface area (Å²) in [4.78, 5) is 17.6. The number of rotatable bonds is 6. The normalized spacial score (nSPS) is 19.9. The lowest BCUT2D eigenvalue weighted by atomic mass is 9.84. The highest BCUT2D eigenvalue weighted by molar-refractivity contribution is 6.02. The van der Waals surface area contributed by atoms with Crippen LogP contribution in [0.4, 0.5) is 5.69 Å². The van der Waals surface area contributed by atoms with E-state index in [0.717, 1.165) is 43.0 Å². The van der Waals surface area contributed by atoms with Crippen molar-refractivity contribution in [2.45, 2.75) is 24.6 Å². The van der Waals surface area contributed by atoms with Gasteiger partial charge in [0.2, 0.25) is 0 Å². The number of aliphatic hydroxyl groups is 1. The van der Waals surface area contributed by atoms with Crippen LogP contribution in [0.2, 0.25) is 0 Å². The zero-order chi connectivity index (χ0) is 23.5. The maximum Gasteiger partial charge on any atom is 0.255 e. The standard InChI is InChI=1S/C28H31N3O3/c1-34-23-12-13-25-24(20-23)27(32)29-26(21-8-4-2-5-9-21)31(25)19-18-30-16-14-28(33,15-17-30)22-10-6-3-7-11-22/h2-13,20,26,33H,14-19H2,1H3,(H,29,32). The van der Waals surface area contributed by atoms with Crippen molar-refractivity contribution < 1.29 is 14.6 Å². The van der Waals surface area contributed by atoms with Crippen LogP contribution < -0.4 is 15.0 Å². The van der Waals surface area contributed by atoms with Crippen LogP contribution in [0.5, 0.6) is 5.75 Å². The van der Waals surface area contributed by atoms with Crippen LogP contribution in [0, 0.1) is 0 Å². The fourth-order valence-corrected chi connectivity index (χ4v) is 5.07. The zero-order valence-corrected chi connectivity index (χ0v) is 19.5. The molecule has 2 aliphatic heterocycles. The molecule has 3 aromatic rings.